The first kappa shape index (κ1) is 17.8. The van der Waals surface area contributed by atoms with Gasteiger partial charge in [-0.15, -0.1) is 0 Å². The van der Waals surface area contributed by atoms with Crippen molar-refractivity contribution < 1.29 is 4.74 Å². The van der Waals surface area contributed by atoms with Gasteiger partial charge in [0, 0.05) is 31.2 Å². The fourth-order valence-corrected chi connectivity index (χ4v) is 3.77. The molecular formula is C23H27N3O. The average Bonchev–Trinajstić information content (AvgIpc) is 2.67. The van der Waals surface area contributed by atoms with Gasteiger partial charge in [-0.25, -0.2) is 4.98 Å². The van der Waals surface area contributed by atoms with Crippen LogP contribution in [0.3, 0.4) is 0 Å². The number of ether oxygens (including phenoxy) is 1. The molecule has 0 spiro atoms. The van der Waals surface area contributed by atoms with Crippen LogP contribution in [0, 0.1) is 13.8 Å². The van der Waals surface area contributed by atoms with E-state index in [1.807, 2.05) is 6.07 Å². The lowest BCUT2D eigenvalue weighted by molar-refractivity contribution is 0.0964. The minimum absolute atomic E-state index is 0.273. The van der Waals surface area contributed by atoms with E-state index < -0.39 is 0 Å². The van der Waals surface area contributed by atoms with Crippen molar-refractivity contribution in [3.05, 3.63) is 65.4 Å². The van der Waals surface area contributed by atoms with Gasteiger partial charge < -0.3 is 10.5 Å². The number of pyridine rings is 1. The van der Waals surface area contributed by atoms with Crippen molar-refractivity contribution in [3.8, 4) is 5.75 Å². The van der Waals surface area contributed by atoms with Gasteiger partial charge in [0.1, 0.15) is 17.7 Å². The fraction of sp³-hybridized carbons (Fsp3) is 0.348. The second-order valence-electron chi connectivity index (χ2n) is 7.61. The molecule has 0 radical (unpaired) electrons. The average molecular weight is 361 g/mol. The highest BCUT2D eigenvalue weighted by molar-refractivity contribution is 5.92. The summed E-state index contributed by atoms with van der Waals surface area (Å²) in [5, 5.41) is 2.08. The molecule has 0 amide bonds. The summed E-state index contributed by atoms with van der Waals surface area (Å²) in [5.41, 5.74) is 9.80. The molecule has 1 aliphatic heterocycles. The van der Waals surface area contributed by atoms with E-state index in [1.54, 1.807) is 6.20 Å². The number of nitrogens with zero attached hydrogens (tertiary/aromatic N) is 2. The summed E-state index contributed by atoms with van der Waals surface area (Å²) in [5.74, 6) is 1.54. The number of nitrogen functional groups attached to an aromatic ring is 1. The van der Waals surface area contributed by atoms with E-state index in [2.05, 4.69) is 60.1 Å². The number of hydrogen-bond donors (Lipinski definition) is 1. The van der Waals surface area contributed by atoms with Crippen molar-refractivity contribution in [3.63, 3.8) is 0 Å². The molecule has 1 aromatic heterocycles. The first-order valence-electron chi connectivity index (χ1n) is 9.68. The van der Waals surface area contributed by atoms with Crippen LogP contribution in [-0.4, -0.2) is 29.1 Å². The van der Waals surface area contributed by atoms with Gasteiger partial charge in [0.15, 0.2) is 0 Å². The fourth-order valence-electron chi connectivity index (χ4n) is 3.77. The Balaban J connectivity index is 1.38. The predicted molar refractivity (Wildman–Crippen MR) is 111 cm³/mol. The first-order chi connectivity index (χ1) is 13.1. The SMILES string of the molecule is Cc1ccc(CN2CCC(Oc3cc4ccnc(N)c4cc3C)CC2)cc1. The van der Waals surface area contributed by atoms with Crippen LogP contribution in [0.4, 0.5) is 5.82 Å². The lowest BCUT2D eigenvalue weighted by Crippen LogP contribution is -2.37. The van der Waals surface area contributed by atoms with E-state index in [0.29, 0.717) is 5.82 Å². The zero-order valence-electron chi connectivity index (χ0n) is 16.1. The van der Waals surface area contributed by atoms with Gasteiger partial charge >= 0.3 is 0 Å². The van der Waals surface area contributed by atoms with Crippen molar-refractivity contribution in [2.75, 3.05) is 18.8 Å². The Morgan fingerprint density at radius 1 is 1.07 bits per heavy atom. The maximum atomic E-state index is 6.36. The zero-order chi connectivity index (χ0) is 18.8. The monoisotopic (exact) mass is 361 g/mol. The number of fused-ring (bicyclic) bond motifs is 1. The van der Waals surface area contributed by atoms with E-state index >= 15 is 0 Å². The Morgan fingerprint density at radius 3 is 2.56 bits per heavy atom. The van der Waals surface area contributed by atoms with Crippen molar-refractivity contribution in [1.82, 2.24) is 9.88 Å². The molecule has 3 aromatic rings. The molecule has 0 saturated carbocycles. The quantitative estimate of drug-likeness (QED) is 0.744. The molecule has 4 nitrogen and oxygen atoms in total. The molecule has 1 saturated heterocycles. The number of aryl methyl sites for hydroxylation is 2. The molecule has 4 rings (SSSR count). The van der Waals surface area contributed by atoms with Crippen LogP contribution in [0.25, 0.3) is 10.8 Å². The van der Waals surface area contributed by atoms with Crippen LogP contribution in [-0.2, 0) is 6.54 Å². The molecule has 2 N–H and O–H groups in total. The van der Waals surface area contributed by atoms with Gasteiger partial charge in [0.2, 0.25) is 0 Å². The lowest BCUT2D eigenvalue weighted by Gasteiger charge is -2.32. The number of rotatable bonds is 4. The molecule has 1 aliphatic rings. The van der Waals surface area contributed by atoms with E-state index in [-0.39, 0.29) is 6.10 Å². The van der Waals surface area contributed by atoms with Gasteiger partial charge in [0.05, 0.1) is 0 Å². The molecular weight excluding hydrogens is 334 g/mol. The van der Waals surface area contributed by atoms with E-state index in [4.69, 9.17) is 10.5 Å². The number of likely N-dealkylation sites (tertiary alicyclic amines) is 1. The Bertz CT molecular complexity index is 928. The third-order valence-corrected chi connectivity index (χ3v) is 5.45. The topological polar surface area (TPSA) is 51.4 Å². The highest BCUT2D eigenvalue weighted by atomic mass is 16.5. The summed E-state index contributed by atoms with van der Waals surface area (Å²) < 4.78 is 6.36. The predicted octanol–water partition coefficient (Wildman–Crippen LogP) is 4.48. The first-order valence-corrected chi connectivity index (χ1v) is 9.68. The summed E-state index contributed by atoms with van der Waals surface area (Å²) in [6.45, 7) is 7.37. The van der Waals surface area contributed by atoms with Crippen LogP contribution >= 0.6 is 0 Å². The third kappa shape index (κ3) is 4.06. The van der Waals surface area contributed by atoms with Crippen LogP contribution in [0.1, 0.15) is 29.5 Å². The van der Waals surface area contributed by atoms with Crippen molar-refractivity contribution >= 4 is 16.6 Å². The maximum absolute atomic E-state index is 6.36. The van der Waals surface area contributed by atoms with Gasteiger partial charge in [0.25, 0.3) is 0 Å². The number of hydrogen-bond acceptors (Lipinski definition) is 4. The largest absolute Gasteiger partial charge is 0.490 e. The molecule has 27 heavy (non-hydrogen) atoms. The van der Waals surface area contributed by atoms with E-state index in [0.717, 1.165) is 54.6 Å². The molecule has 2 heterocycles. The molecule has 0 aliphatic carbocycles. The standard InChI is InChI=1S/C23H27N3O/c1-16-3-5-18(6-4-16)15-26-11-8-20(9-12-26)27-22-14-19-7-10-25-23(24)21(19)13-17(22)2/h3-7,10,13-14,20H,8-9,11-12,15H2,1-2H3,(H2,24,25). The Kier molecular flexibility index (Phi) is 4.99. The second kappa shape index (κ2) is 7.57. The van der Waals surface area contributed by atoms with Crippen LogP contribution in [0.15, 0.2) is 48.7 Å². The van der Waals surface area contributed by atoms with Crippen LogP contribution in [0.5, 0.6) is 5.75 Å². The lowest BCUT2D eigenvalue weighted by atomic mass is 10.0. The molecule has 1 fully saturated rings. The van der Waals surface area contributed by atoms with Crippen molar-refractivity contribution in [2.24, 2.45) is 0 Å². The third-order valence-electron chi connectivity index (χ3n) is 5.45. The summed E-state index contributed by atoms with van der Waals surface area (Å²) in [6, 6.07) is 15.0. The van der Waals surface area contributed by atoms with Gasteiger partial charge in [-0.2, -0.15) is 0 Å². The Hall–Kier alpha value is -2.59. The van der Waals surface area contributed by atoms with Crippen LogP contribution < -0.4 is 10.5 Å². The summed E-state index contributed by atoms with van der Waals surface area (Å²) in [4.78, 5) is 6.69. The molecule has 0 atom stereocenters. The van der Waals surface area contributed by atoms with Gasteiger partial charge in [-0.3, -0.25) is 4.90 Å². The molecule has 0 bridgehead atoms. The number of benzene rings is 2. The smallest absolute Gasteiger partial charge is 0.131 e. The molecule has 140 valence electrons. The normalized spacial score (nSPS) is 15.9. The Morgan fingerprint density at radius 2 is 1.81 bits per heavy atom. The van der Waals surface area contributed by atoms with Crippen molar-refractivity contribution in [1.29, 1.82) is 0 Å². The van der Waals surface area contributed by atoms with Gasteiger partial charge in [-0.05, 0) is 61.4 Å². The number of anilines is 1. The summed E-state index contributed by atoms with van der Waals surface area (Å²) in [6.07, 6.45) is 4.14. The minimum atomic E-state index is 0.273. The zero-order valence-corrected chi connectivity index (χ0v) is 16.1. The molecule has 2 aromatic carbocycles. The number of piperidine rings is 1. The summed E-state index contributed by atoms with van der Waals surface area (Å²) in [7, 11) is 0. The second-order valence-corrected chi connectivity index (χ2v) is 7.61. The minimum Gasteiger partial charge on any atom is -0.490 e. The maximum Gasteiger partial charge on any atom is 0.131 e. The molecule has 0 unspecified atom stereocenters. The summed E-state index contributed by atoms with van der Waals surface area (Å²) >= 11 is 0. The highest BCUT2D eigenvalue weighted by Gasteiger charge is 2.21. The van der Waals surface area contributed by atoms with Gasteiger partial charge in [-0.1, -0.05) is 29.8 Å². The van der Waals surface area contributed by atoms with E-state index in [9.17, 15) is 0 Å². The van der Waals surface area contributed by atoms with Crippen LogP contribution in [0.2, 0.25) is 0 Å². The highest BCUT2D eigenvalue weighted by Crippen LogP contribution is 2.30. The number of aromatic nitrogens is 1. The van der Waals surface area contributed by atoms with Crippen molar-refractivity contribution in [2.45, 2.75) is 39.3 Å². The number of nitrogens with two attached hydrogens (primary N) is 1. The molecule has 4 heteroatoms. The Labute approximate surface area is 161 Å². The van der Waals surface area contributed by atoms with E-state index in [1.165, 1.54) is 11.1 Å².